The van der Waals surface area contributed by atoms with E-state index in [0.717, 1.165) is 24.5 Å². The summed E-state index contributed by atoms with van der Waals surface area (Å²) in [5.74, 6) is 2.39. The maximum absolute atomic E-state index is 5.56. The number of aromatic nitrogens is 3. The maximum Gasteiger partial charge on any atom is 0.155 e. The summed E-state index contributed by atoms with van der Waals surface area (Å²) in [4.78, 5) is 4.52. The normalized spacial score (nSPS) is 11.2. The summed E-state index contributed by atoms with van der Waals surface area (Å²) in [6, 6.07) is 8.69. The molecular formula is C15H22N4. The third-order valence-electron chi connectivity index (χ3n) is 3.27. The van der Waals surface area contributed by atoms with E-state index in [-0.39, 0.29) is 0 Å². The number of rotatable bonds is 5. The molecule has 2 rings (SSSR count). The van der Waals surface area contributed by atoms with Crippen LogP contribution in [0.5, 0.6) is 0 Å². The third-order valence-corrected chi connectivity index (χ3v) is 3.27. The Morgan fingerprint density at radius 2 is 1.89 bits per heavy atom. The van der Waals surface area contributed by atoms with E-state index in [1.165, 1.54) is 11.1 Å². The second-order valence-corrected chi connectivity index (χ2v) is 5.18. The van der Waals surface area contributed by atoms with Gasteiger partial charge in [0.25, 0.3) is 0 Å². The molecule has 0 aliphatic rings. The zero-order chi connectivity index (χ0) is 13.8. The molecule has 4 heteroatoms. The van der Waals surface area contributed by atoms with Gasteiger partial charge in [-0.1, -0.05) is 38.1 Å². The largest absolute Gasteiger partial charge is 0.330 e. The lowest BCUT2D eigenvalue weighted by Crippen LogP contribution is -2.08. The van der Waals surface area contributed by atoms with Crippen molar-refractivity contribution in [2.24, 2.45) is 12.8 Å². The lowest BCUT2D eigenvalue weighted by atomic mass is 10.0. The van der Waals surface area contributed by atoms with Crippen LogP contribution in [0.15, 0.2) is 24.3 Å². The Kier molecular flexibility index (Phi) is 4.32. The fraction of sp³-hybridized carbons (Fsp3) is 0.467. The van der Waals surface area contributed by atoms with Gasteiger partial charge >= 0.3 is 0 Å². The van der Waals surface area contributed by atoms with Crippen molar-refractivity contribution in [2.45, 2.75) is 32.6 Å². The van der Waals surface area contributed by atoms with Gasteiger partial charge in [0, 0.05) is 19.9 Å². The van der Waals surface area contributed by atoms with Crippen LogP contribution in [0.25, 0.3) is 0 Å². The summed E-state index contributed by atoms with van der Waals surface area (Å²) in [5, 5.41) is 4.43. The molecule has 19 heavy (non-hydrogen) atoms. The molecule has 4 nitrogen and oxygen atoms in total. The van der Waals surface area contributed by atoms with Gasteiger partial charge in [0.05, 0.1) is 0 Å². The van der Waals surface area contributed by atoms with E-state index in [0.29, 0.717) is 12.5 Å². The summed E-state index contributed by atoms with van der Waals surface area (Å²) in [6.07, 6.45) is 1.55. The SMILES string of the molecule is CC(C)c1ccc(Cc2nc(CCN)n(C)n2)cc1. The first kappa shape index (κ1) is 13.7. The van der Waals surface area contributed by atoms with Crippen molar-refractivity contribution in [3.63, 3.8) is 0 Å². The lowest BCUT2D eigenvalue weighted by Gasteiger charge is -2.05. The van der Waals surface area contributed by atoms with Crippen LogP contribution in [0.3, 0.4) is 0 Å². The number of hydrogen-bond donors (Lipinski definition) is 1. The van der Waals surface area contributed by atoms with E-state index >= 15 is 0 Å². The van der Waals surface area contributed by atoms with Crippen LogP contribution in [-0.2, 0) is 19.9 Å². The molecule has 0 saturated carbocycles. The van der Waals surface area contributed by atoms with Crippen molar-refractivity contribution in [1.82, 2.24) is 14.8 Å². The lowest BCUT2D eigenvalue weighted by molar-refractivity contribution is 0.691. The molecule has 0 radical (unpaired) electrons. The number of aryl methyl sites for hydroxylation is 1. The van der Waals surface area contributed by atoms with Crippen molar-refractivity contribution < 1.29 is 0 Å². The van der Waals surface area contributed by atoms with Gasteiger partial charge in [-0.3, -0.25) is 4.68 Å². The van der Waals surface area contributed by atoms with Crippen LogP contribution in [0, 0.1) is 0 Å². The molecule has 0 fully saturated rings. The van der Waals surface area contributed by atoms with Gasteiger partial charge in [-0.2, -0.15) is 5.10 Å². The molecule has 0 bridgehead atoms. The van der Waals surface area contributed by atoms with Crippen molar-refractivity contribution in [3.05, 3.63) is 47.0 Å². The predicted molar refractivity (Wildman–Crippen MR) is 77.1 cm³/mol. The minimum absolute atomic E-state index is 0.568. The second kappa shape index (κ2) is 5.97. The molecule has 2 N–H and O–H groups in total. The summed E-state index contributed by atoms with van der Waals surface area (Å²) >= 11 is 0. The number of nitrogens with two attached hydrogens (primary N) is 1. The molecule has 1 aromatic heterocycles. The van der Waals surface area contributed by atoms with Gasteiger partial charge in [-0.05, 0) is 23.6 Å². The first-order chi connectivity index (χ1) is 9.10. The van der Waals surface area contributed by atoms with Crippen molar-refractivity contribution in [3.8, 4) is 0 Å². The molecule has 0 amide bonds. The highest BCUT2D eigenvalue weighted by molar-refractivity contribution is 5.26. The molecule has 0 spiro atoms. The number of hydrogen-bond acceptors (Lipinski definition) is 3. The minimum atomic E-state index is 0.568. The summed E-state index contributed by atoms with van der Waals surface area (Å²) in [7, 11) is 1.92. The van der Waals surface area contributed by atoms with Crippen molar-refractivity contribution >= 4 is 0 Å². The minimum Gasteiger partial charge on any atom is -0.330 e. The Labute approximate surface area is 114 Å². The highest BCUT2D eigenvalue weighted by atomic mass is 15.3. The molecule has 1 aromatic carbocycles. The van der Waals surface area contributed by atoms with Crippen molar-refractivity contribution in [1.29, 1.82) is 0 Å². The van der Waals surface area contributed by atoms with E-state index < -0.39 is 0 Å². The van der Waals surface area contributed by atoms with Crippen LogP contribution >= 0.6 is 0 Å². The van der Waals surface area contributed by atoms with Crippen LogP contribution in [-0.4, -0.2) is 21.3 Å². The molecule has 102 valence electrons. The Balaban J connectivity index is 2.10. The summed E-state index contributed by atoms with van der Waals surface area (Å²) in [6.45, 7) is 5.01. The number of benzene rings is 1. The van der Waals surface area contributed by atoms with Crippen LogP contribution < -0.4 is 5.73 Å². The summed E-state index contributed by atoms with van der Waals surface area (Å²) in [5.41, 5.74) is 8.16. The smallest absolute Gasteiger partial charge is 0.155 e. The van der Waals surface area contributed by atoms with E-state index in [1.807, 2.05) is 11.7 Å². The standard InChI is InChI=1S/C15H22N4/c1-11(2)13-6-4-12(5-7-13)10-14-17-15(8-9-16)19(3)18-14/h4-7,11H,8-10,16H2,1-3H3. The van der Waals surface area contributed by atoms with Crippen LogP contribution in [0.1, 0.15) is 42.5 Å². The Hall–Kier alpha value is -1.68. The number of nitrogens with zero attached hydrogens (tertiary/aromatic N) is 3. The zero-order valence-corrected chi connectivity index (χ0v) is 11.9. The molecule has 2 aromatic rings. The van der Waals surface area contributed by atoms with Gasteiger partial charge < -0.3 is 5.73 Å². The maximum atomic E-state index is 5.56. The monoisotopic (exact) mass is 258 g/mol. The average Bonchev–Trinajstić information content (AvgIpc) is 2.71. The first-order valence-corrected chi connectivity index (χ1v) is 6.78. The molecule has 0 aliphatic heterocycles. The van der Waals surface area contributed by atoms with Crippen LogP contribution in [0.2, 0.25) is 0 Å². The molecular weight excluding hydrogens is 236 g/mol. The first-order valence-electron chi connectivity index (χ1n) is 6.78. The van der Waals surface area contributed by atoms with E-state index in [2.05, 4.69) is 48.2 Å². The Morgan fingerprint density at radius 1 is 1.21 bits per heavy atom. The van der Waals surface area contributed by atoms with Gasteiger partial charge in [0.1, 0.15) is 5.82 Å². The van der Waals surface area contributed by atoms with E-state index in [9.17, 15) is 0 Å². The molecule has 0 saturated heterocycles. The van der Waals surface area contributed by atoms with Crippen molar-refractivity contribution in [2.75, 3.05) is 6.54 Å². The van der Waals surface area contributed by atoms with Gasteiger partial charge in [-0.15, -0.1) is 0 Å². The molecule has 0 unspecified atom stereocenters. The van der Waals surface area contributed by atoms with Gasteiger partial charge in [0.2, 0.25) is 0 Å². The highest BCUT2D eigenvalue weighted by Gasteiger charge is 2.07. The van der Waals surface area contributed by atoms with E-state index in [1.54, 1.807) is 0 Å². The molecule has 0 aliphatic carbocycles. The summed E-state index contributed by atoms with van der Waals surface area (Å²) < 4.78 is 1.82. The van der Waals surface area contributed by atoms with Crippen LogP contribution in [0.4, 0.5) is 0 Å². The Bertz CT molecular complexity index is 526. The highest BCUT2D eigenvalue weighted by Crippen LogP contribution is 2.16. The topological polar surface area (TPSA) is 56.7 Å². The fourth-order valence-electron chi connectivity index (χ4n) is 2.10. The van der Waals surface area contributed by atoms with E-state index in [4.69, 9.17) is 5.73 Å². The predicted octanol–water partition coefficient (Wildman–Crippen LogP) is 2.03. The quantitative estimate of drug-likeness (QED) is 0.892. The fourth-order valence-corrected chi connectivity index (χ4v) is 2.10. The third kappa shape index (κ3) is 3.41. The zero-order valence-electron chi connectivity index (χ0n) is 11.9. The average molecular weight is 258 g/mol. The molecule has 0 atom stereocenters. The van der Waals surface area contributed by atoms with Gasteiger partial charge in [0.15, 0.2) is 5.82 Å². The van der Waals surface area contributed by atoms with Gasteiger partial charge in [-0.25, -0.2) is 4.98 Å². The second-order valence-electron chi connectivity index (χ2n) is 5.18. The Morgan fingerprint density at radius 3 is 2.47 bits per heavy atom. The molecule has 1 heterocycles.